The Morgan fingerprint density at radius 2 is 1.76 bits per heavy atom. The number of aryl methyl sites for hydroxylation is 1. The molecule has 21 heavy (non-hydrogen) atoms. The van der Waals surface area contributed by atoms with Gasteiger partial charge in [-0.1, -0.05) is 37.3 Å². The van der Waals surface area contributed by atoms with Crippen LogP contribution in [0.1, 0.15) is 28.4 Å². The highest BCUT2D eigenvalue weighted by atomic mass is 79.9. The maximum absolute atomic E-state index is 13.5. The lowest BCUT2D eigenvalue weighted by Crippen LogP contribution is -2.26. The van der Waals surface area contributed by atoms with Crippen LogP contribution in [-0.4, -0.2) is 17.9 Å². The van der Waals surface area contributed by atoms with Crippen molar-refractivity contribution in [2.24, 2.45) is 0 Å². The maximum Gasteiger partial charge on any atom is 0.255 e. The summed E-state index contributed by atoms with van der Waals surface area (Å²) < 4.78 is 13.7. The van der Waals surface area contributed by atoms with Gasteiger partial charge in [-0.2, -0.15) is 0 Å². The molecule has 0 aliphatic carbocycles. The molecule has 2 rings (SSSR count). The molecule has 1 amide bonds. The number of hydrogen-bond acceptors (Lipinski definition) is 1. The van der Waals surface area contributed by atoms with E-state index in [1.807, 2.05) is 12.1 Å². The Morgan fingerprint density at radius 1 is 1.14 bits per heavy atom. The zero-order valence-corrected chi connectivity index (χ0v) is 13.7. The van der Waals surface area contributed by atoms with Crippen LogP contribution in [0, 0.1) is 5.82 Å². The lowest BCUT2D eigenvalue weighted by molar-refractivity contribution is 0.0783. The first-order valence-corrected chi connectivity index (χ1v) is 7.59. The van der Waals surface area contributed by atoms with Crippen molar-refractivity contribution in [2.45, 2.75) is 19.9 Å². The molecule has 0 heterocycles. The summed E-state index contributed by atoms with van der Waals surface area (Å²) in [5.74, 6) is -0.637. The molecule has 0 unspecified atom stereocenters. The van der Waals surface area contributed by atoms with E-state index in [0.717, 1.165) is 12.0 Å². The number of rotatable bonds is 4. The van der Waals surface area contributed by atoms with Crippen molar-refractivity contribution >= 4 is 21.8 Å². The fourth-order valence-electron chi connectivity index (χ4n) is 2.10. The minimum absolute atomic E-state index is 0.207. The Balaban J connectivity index is 2.13. The van der Waals surface area contributed by atoms with Crippen LogP contribution in [-0.2, 0) is 13.0 Å². The number of hydrogen-bond donors (Lipinski definition) is 0. The van der Waals surface area contributed by atoms with Crippen molar-refractivity contribution in [2.75, 3.05) is 7.05 Å². The van der Waals surface area contributed by atoms with E-state index in [-0.39, 0.29) is 10.4 Å². The van der Waals surface area contributed by atoms with Gasteiger partial charge in [0, 0.05) is 13.6 Å². The molecule has 0 radical (unpaired) electrons. The average Bonchev–Trinajstić information content (AvgIpc) is 2.50. The van der Waals surface area contributed by atoms with E-state index in [0.29, 0.717) is 12.1 Å². The third-order valence-electron chi connectivity index (χ3n) is 3.38. The summed E-state index contributed by atoms with van der Waals surface area (Å²) in [6.07, 6.45) is 0.991. The number of nitrogens with zero attached hydrogens (tertiary/aromatic N) is 1. The van der Waals surface area contributed by atoms with Crippen LogP contribution in [0.4, 0.5) is 4.39 Å². The first kappa shape index (κ1) is 15.7. The molecule has 4 heteroatoms. The molecule has 0 fully saturated rings. The van der Waals surface area contributed by atoms with Crippen LogP contribution < -0.4 is 0 Å². The highest BCUT2D eigenvalue weighted by Gasteiger charge is 2.17. The lowest BCUT2D eigenvalue weighted by Gasteiger charge is -2.18. The van der Waals surface area contributed by atoms with Crippen LogP contribution in [0.2, 0.25) is 0 Å². The lowest BCUT2D eigenvalue weighted by atomic mass is 10.1. The van der Waals surface area contributed by atoms with Gasteiger partial charge in [-0.05, 0) is 45.6 Å². The molecule has 0 saturated heterocycles. The highest BCUT2D eigenvalue weighted by molar-refractivity contribution is 9.10. The quantitative estimate of drug-likeness (QED) is 0.799. The van der Waals surface area contributed by atoms with Gasteiger partial charge in [0.25, 0.3) is 5.91 Å². The van der Waals surface area contributed by atoms with Crippen LogP contribution in [0.25, 0.3) is 0 Å². The first-order valence-electron chi connectivity index (χ1n) is 6.80. The van der Waals surface area contributed by atoms with Crippen molar-refractivity contribution < 1.29 is 9.18 Å². The summed E-state index contributed by atoms with van der Waals surface area (Å²) in [5.41, 5.74) is 2.65. The summed E-state index contributed by atoms with van der Waals surface area (Å²) in [4.78, 5) is 14.0. The van der Waals surface area contributed by atoms with Gasteiger partial charge in [0.1, 0.15) is 5.82 Å². The molecule has 0 saturated carbocycles. The molecule has 2 aromatic rings. The van der Waals surface area contributed by atoms with E-state index >= 15 is 0 Å². The Morgan fingerprint density at radius 3 is 2.38 bits per heavy atom. The van der Waals surface area contributed by atoms with Crippen molar-refractivity contribution in [3.8, 4) is 0 Å². The Kier molecular flexibility index (Phi) is 5.12. The summed E-state index contributed by atoms with van der Waals surface area (Å²) in [5, 5.41) is 0. The third-order valence-corrected chi connectivity index (χ3v) is 4.19. The van der Waals surface area contributed by atoms with Crippen molar-refractivity contribution in [3.05, 3.63) is 69.4 Å². The molecular formula is C17H17BrFNO. The second-order valence-corrected chi connectivity index (χ2v) is 5.73. The van der Waals surface area contributed by atoms with E-state index in [9.17, 15) is 9.18 Å². The maximum atomic E-state index is 13.5. The van der Waals surface area contributed by atoms with Crippen LogP contribution in [0.5, 0.6) is 0 Å². The zero-order chi connectivity index (χ0) is 15.4. The number of carbonyl (C=O) groups is 1. The summed E-state index contributed by atoms with van der Waals surface area (Å²) in [6.45, 7) is 2.60. The molecule has 0 bridgehead atoms. The second kappa shape index (κ2) is 6.85. The molecule has 0 N–H and O–H groups in total. The van der Waals surface area contributed by atoms with Gasteiger partial charge in [0.2, 0.25) is 0 Å². The minimum Gasteiger partial charge on any atom is -0.337 e. The SMILES string of the molecule is CCc1ccc(CN(C)C(=O)c2cccc(F)c2Br)cc1. The van der Waals surface area contributed by atoms with Crippen molar-refractivity contribution in [1.82, 2.24) is 4.90 Å². The van der Waals surface area contributed by atoms with Crippen LogP contribution in [0.3, 0.4) is 0 Å². The van der Waals surface area contributed by atoms with Gasteiger partial charge in [-0.25, -0.2) is 4.39 Å². The standard InChI is InChI=1S/C17H17BrFNO/c1-3-12-7-9-13(10-8-12)11-20(2)17(21)14-5-4-6-15(19)16(14)18/h4-10H,3,11H2,1-2H3. The van der Waals surface area contributed by atoms with E-state index < -0.39 is 5.82 Å². The van der Waals surface area contributed by atoms with E-state index in [4.69, 9.17) is 0 Å². The topological polar surface area (TPSA) is 20.3 Å². The molecule has 0 aliphatic heterocycles. The molecular weight excluding hydrogens is 333 g/mol. The number of halogens is 2. The van der Waals surface area contributed by atoms with Gasteiger partial charge in [-0.3, -0.25) is 4.79 Å². The van der Waals surface area contributed by atoms with Crippen LogP contribution in [0.15, 0.2) is 46.9 Å². The molecule has 0 spiro atoms. The number of amides is 1. The first-order chi connectivity index (χ1) is 10.0. The molecule has 2 nitrogen and oxygen atoms in total. The molecule has 0 atom stereocenters. The monoisotopic (exact) mass is 349 g/mol. The molecule has 110 valence electrons. The van der Waals surface area contributed by atoms with E-state index in [2.05, 4.69) is 35.0 Å². The summed E-state index contributed by atoms with van der Waals surface area (Å²) in [6, 6.07) is 12.6. The highest BCUT2D eigenvalue weighted by Crippen LogP contribution is 2.22. The predicted octanol–water partition coefficient (Wildman–Crippen LogP) is 4.42. The Bertz CT molecular complexity index is 640. The molecule has 0 aliphatic rings. The Hall–Kier alpha value is -1.68. The van der Waals surface area contributed by atoms with Crippen molar-refractivity contribution in [1.29, 1.82) is 0 Å². The van der Waals surface area contributed by atoms with Gasteiger partial charge >= 0.3 is 0 Å². The van der Waals surface area contributed by atoms with Gasteiger partial charge < -0.3 is 4.90 Å². The normalized spacial score (nSPS) is 10.5. The number of benzene rings is 2. The zero-order valence-electron chi connectivity index (χ0n) is 12.1. The summed E-state index contributed by atoms with van der Waals surface area (Å²) >= 11 is 3.13. The molecule has 0 aromatic heterocycles. The fourth-order valence-corrected chi connectivity index (χ4v) is 2.53. The second-order valence-electron chi connectivity index (χ2n) is 4.93. The van der Waals surface area contributed by atoms with Gasteiger partial charge in [0.15, 0.2) is 0 Å². The molecule has 2 aromatic carbocycles. The largest absolute Gasteiger partial charge is 0.337 e. The third kappa shape index (κ3) is 3.70. The fraction of sp³-hybridized carbons (Fsp3) is 0.235. The van der Waals surface area contributed by atoms with E-state index in [1.54, 1.807) is 18.0 Å². The van der Waals surface area contributed by atoms with Gasteiger partial charge in [-0.15, -0.1) is 0 Å². The predicted molar refractivity (Wildman–Crippen MR) is 85.7 cm³/mol. The smallest absolute Gasteiger partial charge is 0.255 e. The average molecular weight is 350 g/mol. The Labute approximate surface area is 132 Å². The van der Waals surface area contributed by atoms with Gasteiger partial charge in [0.05, 0.1) is 10.0 Å². The number of carbonyl (C=O) groups excluding carboxylic acids is 1. The minimum atomic E-state index is -0.429. The van der Waals surface area contributed by atoms with Crippen molar-refractivity contribution in [3.63, 3.8) is 0 Å². The summed E-state index contributed by atoms with van der Waals surface area (Å²) in [7, 11) is 1.72. The van der Waals surface area contributed by atoms with Crippen LogP contribution >= 0.6 is 15.9 Å². The van der Waals surface area contributed by atoms with E-state index in [1.165, 1.54) is 17.7 Å².